The Labute approximate surface area is 101 Å². The van der Waals surface area contributed by atoms with Gasteiger partial charge in [-0.15, -0.1) is 0 Å². The fourth-order valence-corrected chi connectivity index (χ4v) is 1.66. The predicted molar refractivity (Wildman–Crippen MR) is 67.8 cm³/mol. The van der Waals surface area contributed by atoms with E-state index in [-0.39, 0.29) is 5.97 Å². The van der Waals surface area contributed by atoms with Gasteiger partial charge in [0.15, 0.2) is 0 Å². The predicted octanol–water partition coefficient (Wildman–Crippen LogP) is 3.72. The molecule has 14 heavy (non-hydrogen) atoms. The van der Waals surface area contributed by atoms with Gasteiger partial charge in [0.1, 0.15) is 0 Å². The number of alkyl halides is 1. The number of carbonyl (C=O) groups excluding carboxylic acids is 1. The summed E-state index contributed by atoms with van der Waals surface area (Å²) in [6.07, 6.45) is 7.97. The normalized spacial score (nSPS) is 10.1. The molecule has 0 rings (SSSR count). The van der Waals surface area contributed by atoms with Gasteiger partial charge in [0, 0.05) is 4.43 Å². The summed E-state index contributed by atoms with van der Waals surface area (Å²) in [7, 11) is 0. The summed E-state index contributed by atoms with van der Waals surface area (Å²) >= 11 is 2.19. The third-order valence-corrected chi connectivity index (χ3v) is 2.60. The fourth-order valence-electron chi connectivity index (χ4n) is 1.22. The Bertz CT molecular complexity index is 137. The lowest BCUT2D eigenvalue weighted by Gasteiger charge is -2.03. The van der Waals surface area contributed by atoms with E-state index in [1.807, 2.05) is 0 Å². The van der Waals surface area contributed by atoms with Crippen LogP contribution in [0.1, 0.15) is 51.9 Å². The van der Waals surface area contributed by atoms with Gasteiger partial charge in [0.25, 0.3) is 0 Å². The summed E-state index contributed by atoms with van der Waals surface area (Å²) < 4.78 is 5.90. The first-order valence-corrected chi connectivity index (χ1v) is 7.05. The molecule has 0 saturated heterocycles. The molecule has 0 saturated carbocycles. The van der Waals surface area contributed by atoms with Crippen LogP contribution in [0.3, 0.4) is 0 Å². The number of halogens is 1. The van der Waals surface area contributed by atoms with E-state index in [1.165, 1.54) is 32.1 Å². The van der Waals surface area contributed by atoms with Crippen LogP contribution < -0.4 is 0 Å². The van der Waals surface area contributed by atoms with Crippen LogP contribution in [0.15, 0.2) is 0 Å². The minimum Gasteiger partial charge on any atom is -0.466 e. The first-order valence-electron chi connectivity index (χ1n) is 5.52. The molecule has 0 aliphatic heterocycles. The van der Waals surface area contributed by atoms with Crippen molar-refractivity contribution in [1.29, 1.82) is 0 Å². The van der Waals surface area contributed by atoms with Crippen LogP contribution in [0.4, 0.5) is 0 Å². The second-order valence-electron chi connectivity index (χ2n) is 3.43. The first kappa shape index (κ1) is 14.2. The van der Waals surface area contributed by atoms with Gasteiger partial charge in [-0.25, -0.2) is 0 Å². The molecule has 0 aromatic rings. The molecule has 0 atom stereocenters. The molecule has 0 heterocycles. The summed E-state index contributed by atoms with van der Waals surface area (Å²) in [5.41, 5.74) is 0. The standard InChI is InChI=1S/C11H21IO2/c1-2-3-4-5-6-7-10-14-11(13)8-9-12/h2-10H2,1H3. The van der Waals surface area contributed by atoms with Crippen LogP contribution in [0.25, 0.3) is 0 Å². The van der Waals surface area contributed by atoms with Gasteiger partial charge in [-0.1, -0.05) is 61.6 Å². The van der Waals surface area contributed by atoms with E-state index in [4.69, 9.17) is 4.74 Å². The molecule has 0 bridgehead atoms. The van der Waals surface area contributed by atoms with Crippen molar-refractivity contribution in [3.63, 3.8) is 0 Å². The van der Waals surface area contributed by atoms with Crippen LogP contribution in [-0.4, -0.2) is 17.0 Å². The molecule has 2 nitrogen and oxygen atoms in total. The summed E-state index contributed by atoms with van der Waals surface area (Å²) in [5, 5.41) is 0. The van der Waals surface area contributed by atoms with E-state index >= 15 is 0 Å². The number of ether oxygens (including phenoxy) is 1. The summed E-state index contributed by atoms with van der Waals surface area (Å²) in [4.78, 5) is 11.0. The number of carbonyl (C=O) groups is 1. The third kappa shape index (κ3) is 10.3. The minimum absolute atomic E-state index is 0.0482. The number of unbranched alkanes of at least 4 members (excludes halogenated alkanes) is 5. The highest BCUT2D eigenvalue weighted by Crippen LogP contribution is 2.05. The van der Waals surface area contributed by atoms with E-state index in [2.05, 4.69) is 29.5 Å². The molecule has 0 aliphatic carbocycles. The molecule has 84 valence electrons. The Morgan fingerprint density at radius 2 is 1.79 bits per heavy atom. The number of esters is 1. The van der Waals surface area contributed by atoms with Crippen molar-refractivity contribution < 1.29 is 9.53 Å². The smallest absolute Gasteiger partial charge is 0.306 e. The maximum absolute atomic E-state index is 11.0. The van der Waals surface area contributed by atoms with E-state index in [1.54, 1.807) is 0 Å². The average Bonchev–Trinajstić information content (AvgIpc) is 2.17. The Hall–Kier alpha value is 0.200. The molecule has 0 aromatic carbocycles. The van der Waals surface area contributed by atoms with Gasteiger partial charge >= 0.3 is 5.97 Å². The van der Waals surface area contributed by atoms with E-state index in [9.17, 15) is 4.79 Å². The molecule has 0 radical (unpaired) electrons. The summed E-state index contributed by atoms with van der Waals surface area (Å²) in [6, 6.07) is 0. The average molecular weight is 312 g/mol. The van der Waals surface area contributed by atoms with E-state index < -0.39 is 0 Å². The highest BCUT2D eigenvalue weighted by atomic mass is 127. The van der Waals surface area contributed by atoms with Gasteiger partial charge in [-0.05, 0) is 6.42 Å². The number of hydrogen-bond acceptors (Lipinski definition) is 2. The molecule has 0 spiro atoms. The van der Waals surface area contributed by atoms with Crippen LogP contribution in [0, 0.1) is 0 Å². The monoisotopic (exact) mass is 312 g/mol. The first-order chi connectivity index (χ1) is 6.81. The van der Waals surface area contributed by atoms with Crippen LogP contribution in [0.5, 0.6) is 0 Å². The Morgan fingerprint density at radius 1 is 1.14 bits per heavy atom. The molecular weight excluding hydrogens is 291 g/mol. The topological polar surface area (TPSA) is 26.3 Å². The second kappa shape index (κ2) is 11.3. The lowest BCUT2D eigenvalue weighted by molar-refractivity contribution is -0.143. The number of rotatable bonds is 9. The fraction of sp³-hybridized carbons (Fsp3) is 0.909. The lowest BCUT2D eigenvalue weighted by atomic mass is 10.1. The SMILES string of the molecule is CCCCCCCCOC(=O)CCI. The minimum atomic E-state index is -0.0482. The molecular formula is C11H21IO2. The van der Waals surface area contributed by atoms with Crippen molar-refractivity contribution in [3.05, 3.63) is 0 Å². The van der Waals surface area contributed by atoms with Gasteiger partial charge in [-0.3, -0.25) is 4.79 Å². The second-order valence-corrected chi connectivity index (χ2v) is 4.51. The van der Waals surface area contributed by atoms with Gasteiger partial charge in [-0.2, -0.15) is 0 Å². The third-order valence-electron chi connectivity index (χ3n) is 2.06. The van der Waals surface area contributed by atoms with E-state index in [0.717, 1.165) is 10.8 Å². The summed E-state index contributed by atoms with van der Waals surface area (Å²) in [6.45, 7) is 2.83. The highest BCUT2D eigenvalue weighted by Gasteiger charge is 1.99. The van der Waals surface area contributed by atoms with Crippen molar-refractivity contribution in [2.24, 2.45) is 0 Å². The zero-order valence-corrected chi connectivity index (χ0v) is 11.2. The maximum atomic E-state index is 11.0. The Kier molecular flexibility index (Phi) is 11.4. The van der Waals surface area contributed by atoms with Crippen molar-refractivity contribution >= 4 is 28.6 Å². The molecule has 0 fully saturated rings. The molecule has 0 amide bonds. The van der Waals surface area contributed by atoms with Crippen LogP contribution in [0.2, 0.25) is 0 Å². The Balaban J connectivity index is 3.01. The van der Waals surface area contributed by atoms with Gasteiger partial charge < -0.3 is 4.74 Å². The zero-order valence-electron chi connectivity index (χ0n) is 9.06. The number of hydrogen-bond donors (Lipinski definition) is 0. The molecule has 0 aliphatic rings. The molecule has 0 aromatic heterocycles. The van der Waals surface area contributed by atoms with E-state index in [0.29, 0.717) is 13.0 Å². The van der Waals surface area contributed by atoms with Crippen LogP contribution >= 0.6 is 22.6 Å². The van der Waals surface area contributed by atoms with Crippen molar-refractivity contribution in [1.82, 2.24) is 0 Å². The largest absolute Gasteiger partial charge is 0.466 e. The van der Waals surface area contributed by atoms with Crippen LogP contribution in [-0.2, 0) is 9.53 Å². The quantitative estimate of drug-likeness (QED) is 0.281. The zero-order chi connectivity index (χ0) is 10.6. The highest BCUT2D eigenvalue weighted by molar-refractivity contribution is 14.1. The van der Waals surface area contributed by atoms with Gasteiger partial charge in [0.2, 0.25) is 0 Å². The molecule has 0 N–H and O–H groups in total. The lowest BCUT2D eigenvalue weighted by Crippen LogP contribution is -2.05. The van der Waals surface area contributed by atoms with Crippen molar-refractivity contribution in [2.75, 3.05) is 11.0 Å². The van der Waals surface area contributed by atoms with Crippen molar-refractivity contribution in [2.45, 2.75) is 51.9 Å². The molecule has 3 heteroatoms. The Morgan fingerprint density at radius 3 is 2.43 bits per heavy atom. The summed E-state index contributed by atoms with van der Waals surface area (Å²) in [5.74, 6) is -0.0482. The van der Waals surface area contributed by atoms with Gasteiger partial charge in [0.05, 0.1) is 13.0 Å². The molecule has 0 unspecified atom stereocenters. The maximum Gasteiger partial charge on any atom is 0.306 e. The van der Waals surface area contributed by atoms with Crippen molar-refractivity contribution in [3.8, 4) is 0 Å².